The molecule has 1 unspecified atom stereocenters. The molecular weight excluding hydrogens is 298 g/mol. The molecule has 0 heterocycles. The lowest BCUT2D eigenvalue weighted by Crippen LogP contribution is -2.26. The van der Waals surface area contributed by atoms with Crippen LogP contribution in [0.3, 0.4) is 0 Å². The molecule has 1 aromatic carbocycles. The number of hydrogen-bond acceptors (Lipinski definition) is 3. The van der Waals surface area contributed by atoms with Gasteiger partial charge in [0.05, 0.1) is 12.7 Å². The maximum absolute atomic E-state index is 11.9. The van der Waals surface area contributed by atoms with Gasteiger partial charge in [0.25, 0.3) is 5.91 Å². The fourth-order valence-electron chi connectivity index (χ4n) is 1.47. The zero-order valence-electron chi connectivity index (χ0n) is 10.6. The second-order valence-corrected chi connectivity index (χ2v) is 5.23. The van der Waals surface area contributed by atoms with Gasteiger partial charge >= 0.3 is 0 Å². The summed E-state index contributed by atoms with van der Waals surface area (Å²) >= 11 is 3.50. The van der Waals surface area contributed by atoms with Crippen LogP contribution in [0.15, 0.2) is 18.2 Å². The Balaban J connectivity index is 2.61. The molecule has 0 aliphatic carbocycles. The molecule has 1 rings (SSSR count). The van der Waals surface area contributed by atoms with Crippen LogP contribution < -0.4 is 10.1 Å². The lowest BCUT2D eigenvalue weighted by molar-refractivity contribution is 0.0950. The Labute approximate surface area is 115 Å². The van der Waals surface area contributed by atoms with E-state index >= 15 is 0 Å². The predicted molar refractivity (Wildman–Crippen MR) is 74.6 cm³/mol. The fourth-order valence-corrected chi connectivity index (χ4v) is 1.69. The molecular formula is C13H18BrNO3. The first-order valence-electron chi connectivity index (χ1n) is 5.87. The smallest absolute Gasteiger partial charge is 0.255 e. The molecule has 0 saturated heterocycles. The fraction of sp³-hybridized carbons (Fsp3) is 0.462. The SMILES string of the molecule is CCC(Br)CCNC(=O)c1cc(OC)ccc1O. The van der Waals surface area contributed by atoms with Gasteiger partial charge in [-0.2, -0.15) is 0 Å². The zero-order chi connectivity index (χ0) is 13.5. The first-order valence-corrected chi connectivity index (χ1v) is 6.79. The van der Waals surface area contributed by atoms with E-state index in [4.69, 9.17) is 4.74 Å². The van der Waals surface area contributed by atoms with Gasteiger partial charge in [0.1, 0.15) is 11.5 Å². The number of halogens is 1. The molecule has 1 aromatic rings. The van der Waals surface area contributed by atoms with Crippen molar-refractivity contribution in [2.75, 3.05) is 13.7 Å². The molecule has 0 saturated carbocycles. The quantitative estimate of drug-likeness (QED) is 0.793. The van der Waals surface area contributed by atoms with E-state index in [1.54, 1.807) is 6.07 Å². The Morgan fingerprint density at radius 1 is 1.56 bits per heavy atom. The Hall–Kier alpha value is -1.23. The molecule has 0 aliphatic rings. The number of carbonyl (C=O) groups is 1. The summed E-state index contributed by atoms with van der Waals surface area (Å²) < 4.78 is 5.02. The largest absolute Gasteiger partial charge is 0.507 e. The Kier molecular flexibility index (Phi) is 5.98. The average Bonchev–Trinajstić information content (AvgIpc) is 2.38. The van der Waals surface area contributed by atoms with Crippen molar-refractivity contribution in [1.82, 2.24) is 5.32 Å². The summed E-state index contributed by atoms with van der Waals surface area (Å²) in [5.41, 5.74) is 0.233. The Bertz CT molecular complexity index is 409. The van der Waals surface area contributed by atoms with Gasteiger partial charge in [0.15, 0.2) is 0 Å². The van der Waals surface area contributed by atoms with Crippen LogP contribution in [0, 0.1) is 0 Å². The van der Waals surface area contributed by atoms with Crippen molar-refractivity contribution in [2.45, 2.75) is 24.6 Å². The van der Waals surface area contributed by atoms with E-state index in [-0.39, 0.29) is 17.2 Å². The summed E-state index contributed by atoms with van der Waals surface area (Å²) in [4.78, 5) is 12.3. The Morgan fingerprint density at radius 3 is 2.89 bits per heavy atom. The average molecular weight is 316 g/mol. The van der Waals surface area contributed by atoms with Crippen molar-refractivity contribution in [3.05, 3.63) is 23.8 Å². The highest BCUT2D eigenvalue weighted by Crippen LogP contribution is 2.22. The molecule has 1 amide bonds. The van der Waals surface area contributed by atoms with Crippen LogP contribution in [0.1, 0.15) is 30.1 Å². The van der Waals surface area contributed by atoms with Crippen LogP contribution >= 0.6 is 15.9 Å². The summed E-state index contributed by atoms with van der Waals surface area (Å²) in [5.74, 6) is 0.214. The molecule has 1 atom stereocenters. The lowest BCUT2D eigenvalue weighted by atomic mass is 10.1. The van der Waals surface area contributed by atoms with Crippen molar-refractivity contribution in [3.8, 4) is 11.5 Å². The maximum Gasteiger partial charge on any atom is 0.255 e. The highest BCUT2D eigenvalue weighted by Gasteiger charge is 2.12. The van der Waals surface area contributed by atoms with Gasteiger partial charge in [-0.25, -0.2) is 0 Å². The topological polar surface area (TPSA) is 58.6 Å². The second kappa shape index (κ2) is 7.26. The van der Waals surface area contributed by atoms with E-state index < -0.39 is 0 Å². The number of phenolic OH excluding ortho intramolecular Hbond substituents is 1. The van der Waals surface area contributed by atoms with Gasteiger partial charge in [-0.1, -0.05) is 22.9 Å². The monoisotopic (exact) mass is 315 g/mol. The molecule has 100 valence electrons. The molecule has 5 heteroatoms. The minimum absolute atomic E-state index is 0.0424. The number of carbonyl (C=O) groups excluding carboxylic acids is 1. The standard InChI is InChI=1S/C13H18BrNO3/c1-3-9(14)6-7-15-13(17)11-8-10(18-2)4-5-12(11)16/h4-5,8-9,16H,3,6-7H2,1-2H3,(H,15,17). The number of benzene rings is 1. The number of ether oxygens (including phenoxy) is 1. The molecule has 4 nitrogen and oxygen atoms in total. The van der Waals surface area contributed by atoms with E-state index in [0.717, 1.165) is 12.8 Å². The maximum atomic E-state index is 11.9. The van der Waals surface area contributed by atoms with Crippen molar-refractivity contribution >= 4 is 21.8 Å². The second-order valence-electron chi connectivity index (χ2n) is 3.93. The normalized spacial score (nSPS) is 11.9. The van der Waals surface area contributed by atoms with Crippen LogP contribution in [-0.2, 0) is 0 Å². The van der Waals surface area contributed by atoms with Gasteiger partial charge in [-0.05, 0) is 31.0 Å². The molecule has 0 aliphatic heterocycles. The third kappa shape index (κ3) is 4.22. The molecule has 0 spiro atoms. The van der Waals surface area contributed by atoms with Crippen LogP contribution in [0.5, 0.6) is 11.5 Å². The van der Waals surface area contributed by atoms with Gasteiger partial charge in [-0.3, -0.25) is 4.79 Å². The third-order valence-electron chi connectivity index (χ3n) is 2.63. The van der Waals surface area contributed by atoms with E-state index in [9.17, 15) is 9.90 Å². The van der Waals surface area contributed by atoms with E-state index in [1.807, 2.05) is 0 Å². The summed E-state index contributed by atoms with van der Waals surface area (Å²) in [5, 5.41) is 12.4. The van der Waals surface area contributed by atoms with Crippen LogP contribution in [0.4, 0.5) is 0 Å². The van der Waals surface area contributed by atoms with Crippen molar-refractivity contribution in [1.29, 1.82) is 0 Å². The van der Waals surface area contributed by atoms with Gasteiger partial charge in [-0.15, -0.1) is 0 Å². The van der Waals surface area contributed by atoms with Crippen LogP contribution in [-0.4, -0.2) is 29.5 Å². The van der Waals surface area contributed by atoms with Crippen LogP contribution in [0.2, 0.25) is 0 Å². The molecule has 0 fully saturated rings. The number of amides is 1. The first kappa shape index (κ1) is 14.8. The highest BCUT2D eigenvalue weighted by atomic mass is 79.9. The summed E-state index contributed by atoms with van der Waals surface area (Å²) in [6.07, 6.45) is 1.87. The number of nitrogens with one attached hydrogen (secondary N) is 1. The van der Waals surface area contributed by atoms with E-state index in [2.05, 4.69) is 28.2 Å². The minimum atomic E-state index is -0.290. The summed E-state index contributed by atoms with van der Waals surface area (Å²) in [6, 6.07) is 4.58. The minimum Gasteiger partial charge on any atom is -0.507 e. The number of phenols is 1. The van der Waals surface area contributed by atoms with Crippen molar-refractivity contribution in [3.63, 3.8) is 0 Å². The molecule has 2 N–H and O–H groups in total. The van der Waals surface area contributed by atoms with Crippen LogP contribution in [0.25, 0.3) is 0 Å². The van der Waals surface area contributed by atoms with E-state index in [0.29, 0.717) is 17.1 Å². The van der Waals surface area contributed by atoms with Gasteiger partial charge in [0, 0.05) is 11.4 Å². The number of rotatable bonds is 6. The van der Waals surface area contributed by atoms with E-state index in [1.165, 1.54) is 19.2 Å². The number of methoxy groups -OCH3 is 1. The third-order valence-corrected chi connectivity index (χ3v) is 3.74. The number of alkyl halides is 1. The predicted octanol–water partition coefficient (Wildman–Crippen LogP) is 2.69. The lowest BCUT2D eigenvalue weighted by Gasteiger charge is -2.10. The summed E-state index contributed by atoms with van der Waals surface area (Å²) in [7, 11) is 1.52. The molecule has 18 heavy (non-hydrogen) atoms. The zero-order valence-corrected chi connectivity index (χ0v) is 12.2. The first-order chi connectivity index (χ1) is 8.58. The Morgan fingerprint density at radius 2 is 2.28 bits per heavy atom. The van der Waals surface area contributed by atoms with Crippen molar-refractivity contribution in [2.24, 2.45) is 0 Å². The highest BCUT2D eigenvalue weighted by molar-refractivity contribution is 9.09. The molecule has 0 bridgehead atoms. The molecule has 0 aromatic heterocycles. The molecule has 0 radical (unpaired) electrons. The van der Waals surface area contributed by atoms with Gasteiger partial charge in [0.2, 0.25) is 0 Å². The summed E-state index contributed by atoms with van der Waals surface area (Å²) in [6.45, 7) is 2.65. The number of aromatic hydroxyl groups is 1. The van der Waals surface area contributed by atoms with Gasteiger partial charge < -0.3 is 15.2 Å². The van der Waals surface area contributed by atoms with Crippen molar-refractivity contribution < 1.29 is 14.6 Å². The number of hydrogen-bond donors (Lipinski definition) is 2.